The van der Waals surface area contributed by atoms with E-state index in [0.717, 1.165) is 19.4 Å². The third-order valence-electron chi connectivity index (χ3n) is 3.39. The van der Waals surface area contributed by atoms with Gasteiger partial charge in [0.05, 0.1) is 12.2 Å². The van der Waals surface area contributed by atoms with Crippen LogP contribution in [-0.4, -0.2) is 37.0 Å². The van der Waals surface area contributed by atoms with Crippen molar-refractivity contribution in [3.05, 3.63) is 35.1 Å². The van der Waals surface area contributed by atoms with Gasteiger partial charge in [-0.3, -0.25) is 10.3 Å². The number of halogens is 1. The van der Waals surface area contributed by atoms with E-state index in [9.17, 15) is 4.39 Å². The molecule has 2 rings (SSSR count). The minimum Gasteiger partial charge on any atom is -0.384 e. The summed E-state index contributed by atoms with van der Waals surface area (Å²) in [6.45, 7) is 1.98. The van der Waals surface area contributed by atoms with Crippen LogP contribution in [0.3, 0.4) is 0 Å². The summed E-state index contributed by atoms with van der Waals surface area (Å²) in [5, 5.41) is 7.37. The highest BCUT2D eigenvalue weighted by Crippen LogP contribution is 2.28. The normalized spacial score (nSPS) is 14.9. The third-order valence-corrected chi connectivity index (χ3v) is 3.39. The number of rotatable bonds is 7. The van der Waals surface area contributed by atoms with Crippen molar-refractivity contribution in [2.45, 2.75) is 25.4 Å². The van der Waals surface area contributed by atoms with Crippen molar-refractivity contribution in [1.29, 1.82) is 5.41 Å². The molecular weight excluding hydrogens is 245 g/mol. The highest BCUT2D eigenvalue weighted by molar-refractivity contribution is 5.95. The van der Waals surface area contributed by atoms with E-state index < -0.39 is 0 Å². The monoisotopic (exact) mass is 265 g/mol. The summed E-state index contributed by atoms with van der Waals surface area (Å²) in [6.07, 6.45) is 2.33. The Labute approximate surface area is 112 Å². The van der Waals surface area contributed by atoms with Crippen molar-refractivity contribution in [2.24, 2.45) is 5.73 Å². The van der Waals surface area contributed by atoms with Gasteiger partial charge in [-0.05, 0) is 18.9 Å². The van der Waals surface area contributed by atoms with Gasteiger partial charge >= 0.3 is 0 Å². The highest BCUT2D eigenvalue weighted by atomic mass is 19.1. The first kappa shape index (κ1) is 14.0. The van der Waals surface area contributed by atoms with Gasteiger partial charge in [-0.25, -0.2) is 4.39 Å². The lowest BCUT2D eigenvalue weighted by Gasteiger charge is -2.22. The molecule has 1 aromatic carbocycles. The molecule has 104 valence electrons. The van der Waals surface area contributed by atoms with Gasteiger partial charge in [0, 0.05) is 31.8 Å². The second kappa shape index (κ2) is 6.12. The van der Waals surface area contributed by atoms with Crippen molar-refractivity contribution in [3.8, 4) is 0 Å². The Balaban J connectivity index is 2.12. The van der Waals surface area contributed by atoms with E-state index in [4.69, 9.17) is 15.9 Å². The van der Waals surface area contributed by atoms with Crippen molar-refractivity contribution in [2.75, 3.05) is 20.3 Å². The van der Waals surface area contributed by atoms with Gasteiger partial charge in [0.1, 0.15) is 11.7 Å². The zero-order valence-electron chi connectivity index (χ0n) is 11.2. The van der Waals surface area contributed by atoms with Crippen LogP contribution in [0.5, 0.6) is 0 Å². The molecule has 5 heteroatoms. The minimum atomic E-state index is -0.377. The molecule has 0 saturated heterocycles. The van der Waals surface area contributed by atoms with Crippen LogP contribution < -0.4 is 5.73 Å². The zero-order chi connectivity index (χ0) is 13.8. The molecular formula is C14H20FN3O. The topological polar surface area (TPSA) is 62.3 Å². The molecule has 1 aliphatic rings. The fourth-order valence-electron chi connectivity index (χ4n) is 2.17. The van der Waals surface area contributed by atoms with Crippen LogP contribution >= 0.6 is 0 Å². The molecule has 1 aliphatic carbocycles. The van der Waals surface area contributed by atoms with E-state index in [1.54, 1.807) is 19.2 Å². The number of nitrogens with zero attached hydrogens (tertiary/aromatic N) is 1. The largest absolute Gasteiger partial charge is 0.384 e. The van der Waals surface area contributed by atoms with Crippen LogP contribution in [0.2, 0.25) is 0 Å². The molecule has 3 N–H and O–H groups in total. The van der Waals surface area contributed by atoms with E-state index in [1.165, 1.54) is 6.07 Å². The number of nitrogens with one attached hydrogen (secondary N) is 1. The van der Waals surface area contributed by atoms with Gasteiger partial charge in [-0.2, -0.15) is 0 Å². The Morgan fingerprint density at radius 3 is 2.84 bits per heavy atom. The fraction of sp³-hybridized carbons (Fsp3) is 0.500. The molecule has 0 spiro atoms. The van der Waals surface area contributed by atoms with Crippen molar-refractivity contribution < 1.29 is 9.13 Å². The van der Waals surface area contributed by atoms with E-state index in [-0.39, 0.29) is 17.2 Å². The lowest BCUT2D eigenvalue weighted by atomic mass is 10.1. The fourth-order valence-corrected chi connectivity index (χ4v) is 2.17. The zero-order valence-corrected chi connectivity index (χ0v) is 11.2. The van der Waals surface area contributed by atoms with Crippen LogP contribution in [0.25, 0.3) is 0 Å². The molecule has 0 unspecified atom stereocenters. The summed E-state index contributed by atoms with van der Waals surface area (Å²) in [7, 11) is 1.67. The van der Waals surface area contributed by atoms with Gasteiger partial charge < -0.3 is 10.5 Å². The summed E-state index contributed by atoms with van der Waals surface area (Å²) in [4.78, 5) is 2.23. The van der Waals surface area contributed by atoms with E-state index in [2.05, 4.69) is 4.90 Å². The molecule has 0 aliphatic heterocycles. The molecule has 4 nitrogen and oxygen atoms in total. The first-order valence-corrected chi connectivity index (χ1v) is 6.48. The van der Waals surface area contributed by atoms with Crippen molar-refractivity contribution >= 4 is 5.84 Å². The molecule has 1 fully saturated rings. The quantitative estimate of drug-likeness (QED) is 0.583. The average Bonchev–Trinajstić information content (AvgIpc) is 3.20. The number of amidine groups is 1. The third kappa shape index (κ3) is 3.52. The summed E-state index contributed by atoms with van der Waals surface area (Å²) < 4.78 is 19.3. The molecule has 1 aromatic rings. The van der Waals surface area contributed by atoms with E-state index in [0.29, 0.717) is 24.8 Å². The van der Waals surface area contributed by atoms with Crippen molar-refractivity contribution in [1.82, 2.24) is 4.90 Å². The maximum absolute atomic E-state index is 14.2. The molecule has 0 bridgehead atoms. The van der Waals surface area contributed by atoms with Gasteiger partial charge in [-0.15, -0.1) is 0 Å². The molecule has 0 heterocycles. The van der Waals surface area contributed by atoms with Gasteiger partial charge in [0.15, 0.2) is 0 Å². The average molecular weight is 265 g/mol. The lowest BCUT2D eigenvalue weighted by molar-refractivity contribution is 0.139. The van der Waals surface area contributed by atoms with Crippen molar-refractivity contribution in [3.63, 3.8) is 0 Å². The molecule has 19 heavy (non-hydrogen) atoms. The lowest BCUT2D eigenvalue weighted by Crippen LogP contribution is -2.30. The molecule has 0 amide bonds. The number of benzene rings is 1. The number of methoxy groups -OCH3 is 1. The summed E-state index contributed by atoms with van der Waals surface area (Å²) in [6, 6.07) is 5.58. The predicted octanol–water partition coefficient (Wildman–Crippen LogP) is 1.72. The second-order valence-electron chi connectivity index (χ2n) is 4.89. The maximum Gasteiger partial charge on any atom is 0.138 e. The number of nitrogens with two attached hydrogens (primary N) is 1. The van der Waals surface area contributed by atoms with E-state index in [1.807, 2.05) is 0 Å². The predicted molar refractivity (Wildman–Crippen MR) is 72.7 cm³/mol. The first-order chi connectivity index (χ1) is 9.13. The Bertz CT molecular complexity index is 460. The maximum atomic E-state index is 14.2. The molecule has 0 aromatic heterocycles. The molecule has 1 saturated carbocycles. The highest BCUT2D eigenvalue weighted by Gasteiger charge is 2.29. The van der Waals surface area contributed by atoms with Crippen LogP contribution in [0.4, 0.5) is 4.39 Å². The van der Waals surface area contributed by atoms with Crippen LogP contribution in [0, 0.1) is 11.2 Å². The Morgan fingerprint density at radius 1 is 1.53 bits per heavy atom. The smallest absolute Gasteiger partial charge is 0.138 e. The standard InChI is InChI=1S/C14H20FN3O/c1-19-8-7-18(11-5-6-11)9-10-3-2-4-12(13(10)15)14(16)17/h2-4,11H,5-9H2,1H3,(H3,16,17). The number of ether oxygens (including phenoxy) is 1. The summed E-state index contributed by atoms with van der Waals surface area (Å²) in [5.41, 5.74) is 6.15. The van der Waals surface area contributed by atoms with Crippen LogP contribution in [-0.2, 0) is 11.3 Å². The van der Waals surface area contributed by atoms with Gasteiger partial charge in [0.2, 0.25) is 0 Å². The SMILES string of the molecule is COCCN(Cc1cccc(C(=N)N)c1F)C1CC1. The van der Waals surface area contributed by atoms with Gasteiger partial charge in [0.25, 0.3) is 0 Å². The number of nitrogen functional groups attached to an aromatic ring is 1. The van der Waals surface area contributed by atoms with E-state index >= 15 is 0 Å². The molecule has 0 atom stereocenters. The number of hydrogen-bond acceptors (Lipinski definition) is 3. The minimum absolute atomic E-state index is 0.181. The summed E-state index contributed by atoms with van der Waals surface area (Å²) >= 11 is 0. The first-order valence-electron chi connectivity index (χ1n) is 6.48. The molecule has 0 radical (unpaired) electrons. The Kier molecular flexibility index (Phi) is 4.50. The number of hydrogen-bond donors (Lipinski definition) is 2. The van der Waals surface area contributed by atoms with Crippen LogP contribution in [0.15, 0.2) is 18.2 Å². The Morgan fingerprint density at radius 2 is 2.26 bits per heavy atom. The summed E-state index contributed by atoms with van der Waals surface area (Å²) in [5.74, 6) is -0.604. The van der Waals surface area contributed by atoms with Gasteiger partial charge in [-0.1, -0.05) is 12.1 Å². The Hall–Kier alpha value is -1.46. The van der Waals surface area contributed by atoms with Crippen LogP contribution in [0.1, 0.15) is 24.0 Å². The second-order valence-corrected chi connectivity index (χ2v) is 4.89.